The summed E-state index contributed by atoms with van der Waals surface area (Å²) in [5, 5.41) is 7.82. The summed E-state index contributed by atoms with van der Waals surface area (Å²) in [6.45, 7) is 4.22. The van der Waals surface area contributed by atoms with Crippen molar-refractivity contribution in [2.45, 2.75) is 31.3 Å². The predicted octanol–water partition coefficient (Wildman–Crippen LogP) is 3.35. The van der Waals surface area contributed by atoms with Gasteiger partial charge in [-0.15, -0.1) is 0 Å². The molecule has 1 atom stereocenters. The van der Waals surface area contributed by atoms with E-state index in [4.69, 9.17) is 4.74 Å². The monoisotopic (exact) mass is 470 g/mol. The standard InChI is InChI=1S/C22H22N4O4S2/c1-14(21-25-26-22(27)31-21)12-23-32(28,29)18-9-7-17(8-10-18)30-13-16-11-15(2)24-20-6-4-3-5-19(16)20/h3-11,14,23H,12-13H2,1-2H3,(H,26,27). The van der Waals surface area contributed by atoms with E-state index in [1.54, 1.807) is 19.1 Å². The molecule has 166 valence electrons. The Labute approximate surface area is 189 Å². The van der Waals surface area contributed by atoms with Crippen molar-refractivity contribution < 1.29 is 13.2 Å². The van der Waals surface area contributed by atoms with Crippen LogP contribution in [0.2, 0.25) is 0 Å². The molecule has 2 N–H and O–H groups in total. The zero-order chi connectivity index (χ0) is 22.7. The highest BCUT2D eigenvalue weighted by Crippen LogP contribution is 2.22. The summed E-state index contributed by atoms with van der Waals surface area (Å²) in [5.41, 5.74) is 2.84. The second-order valence-electron chi connectivity index (χ2n) is 7.40. The Morgan fingerprint density at radius 1 is 1.16 bits per heavy atom. The van der Waals surface area contributed by atoms with Gasteiger partial charge in [0.1, 0.15) is 17.4 Å². The molecule has 0 bridgehead atoms. The number of H-pyrrole nitrogens is 1. The molecule has 2 heterocycles. The van der Waals surface area contributed by atoms with Gasteiger partial charge in [-0.05, 0) is 43.3 Å². The van der Waals surface area contributed by atoms with E-state index >= 15 is 0 Å². The number of nitrogens with zero attached hydrogens (tertiary/aromatic N) is 2. The second kappa shape index (κ2) is 9.19. The maximum atomic E-state index is 12.6. The van der Waals surface area contributed by atoms with Gasteiger partial charge in [0.2, 0.25) is 10.0 Å². The molecule has 0 radical (unpaired) electrons. The minimum absolute atomic E-state index is 0.135. The number of sulfonamides is 1. The van der Waals surface area contributed by atoms with E-state index in [0.29, 0.717) is 17.4 Å². The van der Waals surface area contributed by atoms with Crippen LogP contribution in [-0.4, -0.2) is 30.1 Å². The minimum Gasteiger partial charge on any atom is -0.489 e. The molecular formula is C22H22N4O4S2. The average Bonchev–Trinajstić information content (AvgIpc) is 3.22. The second-order valence-corrected chi connectivity index (χ2v) is 10.2. The maximum Gasteiger partial charge on any atom is 0.322 e. The van der Waals surface area contributed by atoms with E-state index < -0.39 is 10.0 Å². The van der Waals surface area contributed by atoms with Crippen molar-refractivity contribution in [3.05, 3.63) is 80.5 Å². The lowest BCUT2D eigenvalue weighted by atomic mass is 10.1. The summed E-state index contributed by atoms with van der Waals surface area (Å²) in [7, 11) is -3.70. The number of pyridine rings is 1. The van der Waals surface area contributed by atoms with Gasteiger partial charge < -0.3 is 4.74 Å². The van der Waals surface area contributed by atoms with Crippen molar-refractivity contribution in [1.29, 1.82) is 0 Å². The van der Waals surface area contributed by atoms with Crippen molar-refractivity contribution in [2.24, 2.45) is 0 Å². The molecule has 10 heteroatoms. The largest absolute Gasteiger partial charge is 0.489 e. The molecule has 0 aliphatic carbocycles. The van der Waals surface area contributed by atoms with Crippen molar-refractivity contribution in [2.75, 3.05) is 6.54 Å². The molecule has 4 aromatic rings. The number of para-hydroxylation sites is 1. The minimum atomic E-state index is -3.70. The smallest absolute Gasteiger partial charge is 0.322 e. The lowest BCUT2D eigenvalue weighted by molar-refractivity contribution is 0.307. The Morgan fingerprint density at radius 3 is 2.62 bits per heavy atom. The Bertz CT molecular complexity index is 1400. The first-order chi connectivity index (χ1) is 15.3. The van der Waals surface area contributed by atoms with Crippen LogP contribution in [0.1, 0.15) is 29.1 Å². The number of hydrogen-bond donors (Lipinski definition) is 2. The van der Waals surface area contributed by atoms with Gasteiger partial charge in [0.15, 0.2) is 0 Å². The van der Waals surface area contributed by atoms with Crippen molar-refractivity contribution >= 4 is 32.3 Å². The fourth-order valence-corrected chi connectivity index (χ4v) is 5.04. The van der Waals surface area contributed by atoms with Crippen LogP contribution in [0.4, 0.5) is 0 Å². The third kappa shape index (κ3) is 5.04. The highest BCUT2D eigenvalue weighted by Gasteiger charge is 2.18. The number of rotatable bonds is 8. The van der Waals surface area contributed by atoms with E-state index in [1.165, 1.54) is 12.1 Å². The molecule has 4 rings (SSSR count). The molecule has 32 heavy (non-hydrogen) atoms. The van der Waals surface area contributed by atoms with Gasteiger partial charge in [-0.1, -0.05) is 36.5 Å². The first kappa shape index (κ1) is 22.1. The fourth-order valence-electron chi connectivity index (χ4n) is 3.25. The predicted molar refractivity (Wildman–Crippen MR) is 124 cm³/mol. The lowest BCUT2D eigenvalue weighted by Gasteiger charge is -2.12. The molecule has 2 aromatic heterocycles. The first-order valence-corrected chi connectivity index (χ1v) is 12.2. The van der Waals surface area contributed by atoms with Crippen LogP contribution < -0.4 is 14.3 Å². The van der Waals surface area contributed by atoms with Crippen molar-refractivity contribution in [3.63, 3.8) is 0 Å². The third-order valence-electron chi connectivity index (χ3n) is 4.91. The van der Waals surface area contributed by atoms with Gasteiger partial charge in [0.05, 0.1) is 10.4 Å². The van der Waals surface area contributed by atoms with Crippen LogP contribution in [-0.2, 0) is 16.6 Å². The number of ether oxygens (including phenoxy) is 1. The quantitative estimate of drug-likeness (QED) is 0.408. The summed E-state index contributed by atoms with van der Waals surface area (Å²) in [6, 6.07) is 16.1. The van der Waals surface area contributed by atoms with E-state index in [0.717, 1.165) is 33.5 Å². The molecule has 0 spiro atoms. The molecule has 0 amide bonds. The Hall–Kier alpha value is -3.08. The molecule has 2 aromatic carbocycles. The van der Waals surface area contributed by atoms with Crippen LogP contribution in [0.25, 0.3) is 10.9 Å². The number of aromatic amines is 1. The summed E-state index contributed by atoms with van der Waals surface area (Å²) in [5.74, 6) is 0.340. The number of nitrogens with one attached hydrogen (secondary N) is 2. The molecule has 8 nitrogen and oxygen atoms in total. The summed E-state index contributed by atoms with van der Waals surface area (Å²) in [4.78, 5) is 15.6. The van der Waals surface area contributed by atoms with Crippen LogP contribution >= 0.6 is 11.3 Å². The molecular weight excluding hydrogens is 448 g/mol. The van der Waals surface area contributed by atoms with Gasteiger partial charge in [-0.3, -0.25) is 9.78 Å². The van der Waals surface area contributed by atoms with Gasteiger partial charge in [-0.2, -0.15) is 5.10 Å². The van der Waals surface area contributed by atoms with Crippen LogP contribution in [0.15, 0.2) is 64.3 Å². The molecule has 0 aliphatic rings. The Balaban J connectivity index is 1.41. The van der Waals surface area contributed by atoms with E-state index in [1.807, 2.05) is 37.3 Å². The lowest BCUT2D eigenvalue weighted by Crippen LogP contribution is -2.27. The molecule has 0 saturated carbocycles. The number of benzene rings is 2. The number of aromatic nitrogens is 3. The zero-order valence-corrected chi connectivity index (χ0v) is 19.2. The molecule has 0 aliphatic heterocycles. The Kier molecular flexibility index (Phi) is 6.35. The van der Waals surface area contributed by atoms with E-state index in [9.17, 15) is 13.2 Å². The Morgan fingerprint density at radius 2 is 1.91 bits per heavy atom. The highest BCUT2D eigenvalue weighted by molar-refractivity contribution is 7.89. The van der Waals surface area contributed by atoms with Crippen LogP contribution in [0, 0.1) is 6.92 Å². The SMILES string of the molecule is Cc1cc(COc2ccc(S(=O)(=O)NCC(C)c3n[nH]c(=O)s3)cc2)c2ccccc2n1. The average molecular weight is 471 g/mol. The normalized spacial score (nSPS) is 12.7. The van der Waals surface area contributed by atoms with Gasteiger partial charge in [-0.25, -0.2) is 18.2 Å². The fraction of sp³-hybridized carbons (Fsp3) is 0.227. The van der Waals surface area contributed by atoms with E-state index in [2.05, 4.69) is 19.9 Å². The molecule has 0 saturated heterocycles. The third-order valence-corrected chi connectivity index (χ3v) is 7.33. The van der Waals surface area contributed by atoms with Crippen LogP contribution in [0.5, 0.6) is 5.75 Å². The summed E-state index contributed by atoms with van der Waals surface area (Å²) < 4.78 is 33.7. The topological polar surface area (TPSA) is 114 Å². The van der Waals surface area contributed by atoms with Gasteiger partial charge in [0, 0.05) is 29.1 Å². The summed E-state index contributed by atoms with van der Waals surface area (Å²) >= 11 is 0.972. The van der Waals surface area contributed by atoms with Crippen molar-refractivity contribution in [1.82, 2.24) is 19.9 Å². The van der Waals surface area contributed by atoms with Gasteiger partial charge >= 0.3 is 4.87 Å². The highest BCUT2D eigenvalue weighted by atomic mass is 32.2. The number of fused-ring (bicyclic) bond motifs is 1. The molecule has 1 unspecified atom stereocenters. The maximum absolute atomic E-state index is 12.6. The van der Waals surface area contributed by atoms with Crippen LogP contribution in [0.3, 0.4) is 0 Å². The summed E-state index contributed by atoms with van der Waals surface area (Å²) in [6.07, 6.45) is 0. The van der Waals surface area contributed by atoms with Crippen molar-refractivity contribution in [3.8, 4) is 5.75 Å². The zero-order valence-electron chi connectivity index (χ0n) is 17.5. The first-order valence-electron chi connectivity index (χ1n) is 9.95. The van der Waals surface area contributed by atoms with E-state index in [-0.39, 0.29) is 22.2 Å². The van der Waals surface area contributed by atoms with Gasteiger partial charge in [0.25, 0.3) is 0 Å². The molecule has 0 fully saturated rings. The number of hydrogen-bond acceptors (Lipinski definition) is 7. The number of aryl methyl sites for hydroxylation is 1.